The molecule has 0 aliphatic carbocycles. The number of amides is 3. The van der Waals surface area contributed by atoms with Gasteiger partial charge < -0.3 is 19.9 Å². The third-order valence-corrected chi connectivity index (χ3v) is 7.02. The van der Waals surface area contributed by atoms with E-state index < -0.39 is 30.1 Å². The lowest BCUT2D eigenvalue weighted by molar-refractivity contribution is -0.147. The highest BCUT2D eigenvalue weighted by Gasteiger charge is 2.58. The van der Waals surface area contributed by atoms with Gasteiger partial charge in [0.05, 0.1) is 13.2 Å². The molecule has 0 spiro atoms. The molecule has 0 radical (unpaired) electrons. The molecule has 8 heteroatoms. The smallest absolute Gasteiger partial charge is 0.328 e. The van der Waals surface area contributed by atoms with Crippen molar-refractivity contribution < 1.29 is 23.9 Å². The number of nitrogens with zero attached hydrogens (tertiary/aromatic N) is 2. The molecule has 4 rings (SSSR count). The molecule has 2 aliphatic rings. The van der Waals surface area contributed by atoms with Crippen LogP contribution in [-0.2, 0) is 23.9 Å². The van der Waals surface area contributed by atoms with Gasteiger partial charge in [-0.05, 0) is 42.4 Å². The number of nitrogens with one attached hydrogen (secondary N) is 1. The Balaban J connectivity index is 1.51. The summed E-state index contributed by atoms with van der Waals surface area (Å²) in [6.45, 7) is 4.34. The van der Waals surface area contributed by atoms with Crippen molar-refractivity contribution in [1.82, 2.24) is 15.1 Å². The number of likely N-dealkylation sites (tertiary alicyclic amines) is 1. The van der Waals surface area contributed by atoms with Crippen molar-refractivity contribution >= 4 is 29.8 Å². The number of benzene rings is 2. The first-order chi connectivity index (χ1) is 18.3. The highest BCUT2D eigenvalue weighted by molar-refractivity contribution is 6.02. The number of hydrogen-bond acceptors (Lipinski definition) is 5. The van der Waals surface area contributed by atoms with E-state index >= 15 is 0 Å². The lowest BCUT2D eigenvalue weighted by Crippen LogP contribution is -2.52. The summed E-state index contributed by atoms with van der Waals surface area (Å²) in [6.07, 6.45) is 4.82. The van der Waals surface area contributed by atoms with Gasteiger partial charge in [-0.1, -0.05) is 74.5 Å². The van der Waals surface area contributed by atoms with Gasteiger partial charge in [0.15, 0.2) is 0 Å². The van der Waals surface area contributed by atoms with E-state index in [0.29, 0.717) is 25.8 Å². The Morgan fingerprint density at radius 3 is 2.32 bits per heavy atom. The molecular weight excluding hydrogens is 482 g/mol. The number of esters is 1. The summed E-state index contributed by atoms with van der Waals surface area (Å²) >= 11 is 0. The number of carbonyl (C=O) groups excluding carboxylic acids is 4. The van der Waals surface area contributed by atoms with Crippen molar-refractivity contribution in [3.8, 4) is 0 Å². The minimum Gasteiger partial charge on any atom is -0.467 e. The van der Waals surface area contributed by atoms with E-state index in [-0.39, 0.29) is 23.6 Å². The SMILES string of the molecule is COC(=O)[C@H](CC(C)C)NC(=O)[C@@H]1CCCN1C(=O)[C@@H]1[C@@H](c2ccccc2)N1C(=O)/C=C/c1ccccc1. The number of carbonyl (C=O) groups is 4. The first-order valence-electron chi connectivity index (χ1n) is 13.1. The van der Waals surface area contributed by atoms with Crippen LogP contribution >= 0.6 is 0 Å². The lowest BCUT2D eigenvalue weighted by atomic mass is 10.0. The van der Waals surface area contributed by atoms with Crippen LogP contribution in [0.5, 0.6) is 0 Å². The molecule has 2 fully saturated rings. The second kappa shape index (κ2) is 12.1. The normalized spacial score (nSPS) is 21.4. The van der Waals surface area contributed by atoms with Crippen molar-refractivity contribution in [2.75, 3.05) is 13.7 Å². The van der Waals surface area contributed by atoms with Crippen LogP contribution in [-0.4, -0.2) is 65.3 Å². The van der Waals surface area contributed by atoms with E-state index in [1.165, 1.54) is 13.2 Å². The monoisotopic (exact) mass is 517 g/mol. The van der Waals surface area contributed by atoms with E-state index in [4.69, 9.17) is 4.74 Å². The van der Waals surface area contributed by atoms with Crippen molar-refractivity contribution in [3.63, 3.8) is 0 Å². The summed E-state index contributed by atoms with van der Waals surface area (Å²) in [6, 6.07) is 16.4. The highest BCUT2D eigenvalue weighted by atomic mass is 16.5. The average molecular weight is 518 g/mol. The zero-order valence-electron chi connectivity index (χ0n) is 22.1. The van der Waals surface area contributed by atoms with Gasteiger partial charge in [0.2, 0.25) is 17.7 Å². The molecule has 0 aromatic heterocycles. The Morgan fingerprint density at radius 2 is 1.68 bits per heavy atom. The predicted molar refractivity (Wildman–Crippen MR) is 143 cm³/mol. The largest absolute Gasteiger partial charge is 0.467 e. The fourth-order valence-electron chi connectivity index (χ4n) is 5.14. The molecule has 2 aromatic carbocycles. The molecule has 2 aliphatic heterocycles. The zero-order chi connectivity index (χ0) is 27.2. The summed E-state index contributed by atoms with van der Waals surface area (Å²) in [5, 5.41) is 2.80. The van der Waals surface area contributed by atoms with Crippen LogP contribution in [0.1, 0.15) is 50.3 Å². The molecule has 0 saturated carbocycles. The maximum Gasteiger partial charge on any atom is 0.328 e. The highest BCUT2D eigenvalue weighted by Crippen LogP contribution is 2.45. The van der Waals surface area contributed by atoms with Gasteiger partial charge in [0.1, 0.15) is 18.1 Å². The Morgan fingerprint density at radius 1 is 1.03 bits per heavy atom. The van der Waals surface area contributed by atoms with E-state index in [0.717, 1.165) is 11.1 Å². The summed E-state index contributed by atoms with van der Waals surface area (Å²) in [4.78, 5) is 55.6. The molecule has 200 valence electrons. The molecular formula is C30H35N3O5. The molecule has 38 heavy (non-hydrogen) atoms. The standard InChI is InChI=1S/C30H35N3O5/c1-20(2)19-23(30(37)38-3)31-28(35)24-15-10-18-32(24)29(36)27-26(22-13-8-5-9-14-22)33(27)25(34)17-16-21-11-6-4-7-12-21/h4-9,11-14,16-17,20,23-24,26-27H,10,15,18-19H2,1-3H3,(H,31,35)/b17-16+/t23-,24-,26+,27-,33?/m0/s1. The van der Waals surface area contributed by atoms with Gasteiger partial charge in [-0.3, -0.25) is 14.4 Å². The van der Waals surface area contributed by atoms with E-state index in [9.17, 15) is 19.2 Å². The summed E-state index contributed by atoms with van der Waals surface area (Å²) in [5.41, 5.74) is 1.76. The van der Waals surface area contributed by atoms with Crippen LogP contribution in [0.25, 0.3) is 6.08 Å². The molecule has 2 heterocycles. The Hall–Kier alpha value is -3.94. The van der Waals surface area contributed by atoms with Crippen molar-refractivity contribution in [1.29, 1.82) is 0 Å². The molecule has 3 amide bonds. The minimum absolute atomic E-state index is 0.169. The zero-order valence-corrected chi connectivity index (χ0v) is 22.1. The topological polar surface area (TPSA) is 95.8 Å². The van der Waals surface area contributed by atoms with Gasteiger partial charge in [0, 0.05) is 12.6 Å². The van der Waals surface area contributed by atoms with Crippen molar-refractivity contribution in [2.45, 2.75) is 57.3 Å². The van der Waals surface area contributed by atoms with Crippen LogP contribution in [0, 0.1) is 5.92 Å². The average Bonchev–Trinajstić information content (AvgIpc) is 3.48. The first-order valence-corrected chi connectivity index (χ1v) is 13.1. The molecule has 1 N–H and O–H groups in total. The quantitative estimate of drug-likeness (QED) is 0.313. The molecule has 0 unspecified atom stereocenters. The van der Waals surface area contributed by atoms with Gasteiger partial charge in [0.25, 0.3) is 0 Å². The van der Waals surface area contributed by atoms with Gasteiger partial charge >= 0.3 is 5.97 Å². The van der Waals surface area contributed by atoms with Crippen LogP contribution in [0.4, 0.5) is 0 Å². The van der Waals surface area contributed by atoms with E-state index in [1.54, 1.807) is 15.9 Å². The molecule has 2 aromatic rings. The van der Waals surface area contributed by atoms with Crippen LogP contribution in [0.3, 0.4) is 0 Å². The Bertz CT molecular complexity index is 1180. The number of ether oxygens (including phenoxy) is 1. The van der Waals surface area contributed by atoms with E-state index in [2.05, 4.69) is 5.32 Å². The maximum atomic E-state index is 13.8. The van der Waals surface area contributed by atoms with Crippen LogP contribution < -0.4 is 5.32 Å². The van der Waals surface area contributed by atoms with Crippen LogP contribution in [0.15, 0.2) is 66.7 Å². The minimum atomic E-state index is -0.774. The number of rotatable bonds is 9. The third-order valence-electron chi connectivity index (χ3n) is 7.02. The lowest BCUT2D eigenvalue weighted by Gasteiger charge is -2.26. The fraction of sp³-hybridized carbons (Fsp3) is 0.400. The summed E-state index contributed by atoms with van der Waals surface area (Å²) in [7, 11) is 1.29. The second-order valence-corrected chi connectivity index (χ2v) is 10.2. The summed E-state index contributed by atoms with van der Waals surface area (Å²) < 4.78 is 4.87. The maximum absolute atomic E-state index is 13.8. The first kappa shape index (κ1) is 27.1. The third kappa shape index (κ3) is 6.13. The molecule has 8 nitrogen and oxygen atoms in total. The van der Waals surface area contributed by atoms with Gasteiger partial charge in [-0.25, -0.2) is 4.79 Å². The summed E-state index contributed by atoms with van der Waals surface area (Å²) in [5.74, 6) is -1.22. The van der Waals surface area contributed by atoms with Crippen molar-refractivity contribution in [2.24, 2.45) is 5.92 Å². The molecule has 4 atom stereocenters. The second-order valence-electron chi connectivity index (χ2n) is 10.2. The number of methoxy groups -OCH3 is 1. The Kier molecular flexibility index (Phi) is 8.61. The number of hydrogen-bond donors (Lipinski definition) is 1. The van der Waals surface area contributed by atoms with Crippen molar-refractivity contribution in [3.05, 3.63) is 77.9 Å². The van der Waals surface area contributed by atoms with Gasteiger partial charge in [-0.15, -0.1) is 0 Å². The van der Waals surface area contributed by atoms with Gasteiger partial charge in [-0.2, -0.15) is 0 Å². The molecule has 2 saturated heterocycles. The fourth-order valence-corrected chi connectivity index (χ4v) is 5.14. The Labute approximate surface area is 223 Å². The van der Waals surface area contributed by atoms with E-state index in [1.807, 2.05) is 74.5 Å². The molecule has 0 bridgehead atoms. The predicted octanol–water partition coefficient (Wildman–Crippen LogP) is 3.35. The van der Waals surface area contributed by atoms with Crippen LogP contribution in [0.2, 0.25) is 0 Å².